The van der Waals surface area contributed by atoms with Gasteiger partial charge in [-0.2, -0.15) is 0 Å². The number of halogens is 1. The molecule has 0 aliphatic carbocycles. The first-order valence-corrected chi connectivity index (χ1v) is 7.27. The molecule has 1 heterocycles. The number of nitrogens with zero attached hydrogens (tertiary/aromatic N) is 1. The van der Waals surface area contributed by atoms with Gasteiger partial charge in [-0.1, -0.05) is 30.3 Å². The van der Waals surface area contributed by atoms with Crippen molar-refractivity contribution in [2.45, 2.75) is 6.61 Å². The van der Waals surface area contributed by atoms with Crippen LogP contribution in [0.3, 0.4) is 0 Å². The van der Waals surface area contributed by atoms with Gasteiger partial charge in [0.2, 0.25) is 0 Å². The molecule has 0 saturated heterocycles. The first-order valence-electron chi connectivity index (χ1n) is 5.12. The van der Waals surface area contributed by atoms with Gasteiger partial charge in [-0.3, -0.25) is 0 Å². The zero-order valence-corrected chi connectivity index (χ0v) is 11.7. The van der Waals surface area contributed by atoms with Crippen molar-refractivity contribution in [3.63, 3.8) is 0 Å². The van der Waals surface area contributed by atoms with Crippen LogP contribution in [0.5, 0.6) is 5.88 Å². The standard InChI is InChI=1S/C11H12NOS.FHO3S/c1-12-11(7-8-14-12)13-9-10-5-3-2-4-6-10;1-5(2,3)4/h2-8H,9H2,1H3;(H,2,3,4)/q+1;/p-1. The predicted octanol–water partition coefficient (Wildman–Crippen LogP) is 1.57. The Balaban J connectivity index is 0.000000312. The summed E-state index contributed by atoms with van der Waals surface area (Å²) in [7, 11) is -3.43. The molecule has 0 aliphatic heterocycles. The highest BCUT2D eigenvalue weighted by Gasteiger charge is 2.08. The summed E-state index contributed by atoms with van der Waals surface area (Å²) in [4.78, 5) is 0. The Bertz CT molecular complexity index is 590. The van der Waals surface area contributed by atoms with E-state index in [-0.39, 0.29) is 0 Å². The van der Waals surface area contributed by atoms with Gasteiger partial charge >= 0.3 is 5.88 Å². The van der Waals surface area contributed by atoms with Crippen LogP contribution in [-0.4, -0.2) is 13.0 Å². The molecule has 1 aromatic heterocycles. The molecule has 0 amide bonds. The van der Waals surface area contributed by atoms with Crippen LogP contribution in [0.4, 0.5) is 3.89 Å². The molecule has 104 valence electrons. The molecule has 0 bridgehead atoms. The lowest BCUT2D eigenvalue weighted by Gasteiger charge is -2.00. The van der Waals surface area contributed by atoms with Crippen molar-refractivity contribution in [3.05, 3.63) is 47.3 Å². The highest BCUT2D eigenvalue weighted by Crippen LogP contribution is 2.08. The van der Waals surface area contributed by atoms with Crippen LogP contribution in [0.2, 0.25) is 0 Å². The van der Waals surface area contributed by atoms with Gasteiger partial charge in [0.1, 0.15) is 18.1 Å². The van der Waals surface area contributed by atoms with Gasteiger partial charge in [0.15, 0.2) is 7.05 Å². The van der Waals surface area contributed by atoms with E-state index in [9.17, 15) is 3.89 Å². The van der Waals surface area contributed by atoms with Crippen molar-refractivity contribution in [2.75, 3.05) is 0 Å². The largest absolute Gasteiger partial charge is 0.722 e. The highest BCUT2D eigenvalue weighted by molar-refractivity contribution is 7.80. The van der Waals surface area contributed by atoms with Crippen LogP contribution in [0.25, 0.3) is 0 Å². The van der Waals surface area contributed by atoms with E-state index >= 15 is 0 Å². The Kier molecular flexibility index (Phi) is 5.87. The Labute approximate surface area is 115 Å². The Morgan fingerprint density at radius 2 is 1.89 bits per heavy atom. The van der Waals surface area contributed by atoms with Gasteiger partial charge in [-0.25, -0.2) is 8.42 Å². The summed E-state index contributed by atoms with van der Waals surface area (Å²) >= 11 is 1.63. The van der Waals surface area contributed by atoms with Crippen LogP contribution in [-0.2, 0) is 24.2 Å². The van der Waals surface area contributed by atoms with E-state index in [1.54, 1.807) is 11.5 Å². The second kappa shape index (κ2) is 7.17. The van der Waals surface area contributed by atoms with Gasteiger partial charge in [-0.15, -0.1) is 7.84 Å². The molecule has 2 rings (SSSR count). The normalized spacial score (nSPS) is 10.5. The van der Waals surface area contributed by atoms with Crippen LogP contribution in [0, 0.1) is 0 Å². The molecular weight excluding hydrogens is 293 g/mol. The van der Waals surface area contributed by atoms with E-state index in [1.165, 1.54) is 5.56 Å². The van der Waals surface area contributed by atoms with Crippen molar-refractivity contribution in [1.29, 1.82) is 0 Å². The van der Waals surface area contributed by atoms with Crippen molar-refractivity contribution in [2.24, 2.45) is 7.05 Å². The van der Waals surface area contributed by atoms with E-state index < -0.39 is 10.5 Å². The van der Waals surface area contributed by atoms with E-state index in [0.29, 0.717) is 6.61 Å². The van der Waals surface area contributed by atoms with Gasteiger partial charge in [-0.05, 0) is 5.56 Å². The SMILES string of the molecule is C[n+]1sccc1OCc1ccccc1.O=S(=O)([O-])F. The van der Waals surface area contributed by atoms with Crippen LogP contribution < -0.4 is 8.69 Å². The lowest BCUT2D eigenvalue weighted by molar-refractivity contribution is -0.608. The molecule has 8 heteroatoms. The summed E-state index contributed by atoms with van der Waals surface area (Å²) in [6.45, 7) is 0.630. The topological polar surface area (TPSA) is 70.3 Å². The second-order valence-corrected chi connectivity index (χ2v) is 5.23. The van der Waals surface area contributed by atoms with Crippen molar-refractivity contribution < 1.29 is 25.5 Å². The number of benzene rings is 1. The highest BCUT2D eigenvalue weighted by atomic mass is 32.3. The molecular formula is C11H12FNO4S2. The number of hydrogen-bond donors (Lipinski definition) is 0. The van der Waals surface area contributed by atoms with Gasteiger partial charge in [0.25, 0.3) is 10.5 Å². The van der Waals surface area contributed by atoms with Crippen molar-refractivity contribution >= 4 is 22.0 Å². The van der Waals surface area contributed by atoms with Crippen molar-refractivity contribution in [1.82, 2.24) is 0 Å². The summed E-state index contributed by atoms with van der Waals surface area (Å²) in [5.41, 5.74) is 1.19. The zero-order valence-electron chi connectivity index (χ0n) is 10.0. The van der Waals surface area contributed by atoms with Crippen LogP contribution >= 0.6 is 11.5 Å². The maximum absolute atomic E-state index is 10.1. The number of hydrogen-bond acceptors (Lipinski definition) is 5. The fourth-order valence-corrected chi connectivity index (χ4v) is 1.78. The van der Waals surface area contributed by atoms with Gasteiger partial charge in [0, 0.05) is 0 Å². The lowest BCUT2D eigenvalue weighted by atomic mass is 10.2. The Morgan fingerprint density at radius 3 is 2.37 bits per heavy atom. The Hall–Kier alpha value is -1.51. The number of ether oxygens (including phenoxy) is 1. The average Bonchev–Trinajstić information content (AvgIpc) is 2.71. The molecule has 0 unspecified atom stereocenters. The monoisotopic (exact) mass is 305 g/mol. The lowest BCUT2D eigenvalue weighted by Crippen LogP contribution is -2.24. The maximum atomic E-state index is 10.1. The zero-order chi connectivity index (χ0) is 14.3. The fraction of sp³-hybridized carbons (Fsp3) is 0.182. The van der Waals surface area contributed by atoms with Gasteiger partial charge < -0.3 is 9.29 Å². The molecule has 0 radical (unpaired) electrons. The summed E-state index contributed by atoms with van der Waals surface area (Å²) in [6, 6.07) is 12.2. The molecule has 5 nitrogen and oxygen atoms in total. The molecule has 0 N–H and O–H groups in total. The summed E-state index contributed by atoms with van der Waals surface area (Å²) in [5.74, 6) is 0.916. The minimum absolute atomic E-state index is 0.630. The molecule has 0 spiro atoms. The van der Waals surface area contributed by atoms with Crippen molar-refractivity contribution in [3.8, 4) is 5.88 Å². The molecule has 0 saturated carbocycles. The van der Waals surface area contributed by atoms with Crippen LogP contribution in [0.15, 0.2) is 41.8 Å². The first-order chi connectivity index (χ1) is 8.86. The third kappa shape index (κ3) is 7.50. The van der Waals surface area contributed by atoms with E-state index in [2.05, 4.69) is 12.1 Å². The molecule has 0 aliphatic rings. The molecule has 19 heavy (non-hydrogen) atoms. The second-order valence-electron chi connectivity index (χ2n) is 3.41. The predicted molar refractivity (Wildman–Crippen MR) is 67.1 cm³/mol. The molecule has 2 aromatic rings. The van der Waals surface area contributed by atoms with Gasteiger partial charge in [0.05, 0.1) is 11.4 Å². The van der Waals surface area contributed by atoms with E-state index in [1.807, 2.05) is 40.6 Å². The maximum Gasteiger partial charge on any atom is 0.382 e. The quantitative estimate of drug-likeness (QED) is 0.490. The van der Waals surface area contributed by atoms with E-state index in [0.717, 1.165) is 5.88 Å². The van der Waals surface area contributed by atoms with Crippen LogP contribution in [0.1, 0.15) is 5.56 Å². The third-order valence-corrected chi connectivity index (χ3v) is 2.72. The molecule has 0 fully saturated rings. The average molecular weight is 305 g/mol. The fourth-order valence-electron chi connectivity index (χ4n) is 1.21. The minimum atomic E-state index is -5.42. The third-order valence-electron chi connectivity index (χ3n) is 1.97. The smallest absolute Gasteiger partial charge is 0.382 e. The number of rotatable bonds is 3. The molecule has 1 aromatic carbocycles. The van der Waals surface area contributed by atoms with E-state index in [4.69, 9.17) is 17.7 Å². The molecule has 0 atom stereocenters. The summed E-state index contributed by atoms with van der Waals surface area (Å²) < 4.78 is 43.0. The summed E-state index contributed by atoms with van der Waals surface area (Å²) in [6.07, 6.45) is 0. The summed E-state index contributed by atoms with van der Waals surface area (Å²) in [5, 5.41) is 2.01. The first kappa shape index (κ1) is 15.5. The number of aromatic nitrogens is 1. The Morgan fingerprint density at radius 1 is 1.32 bits per heavy atom. The number of aryl methyl sites for hydroxylation is 1. The minimum Gasteiger partial charge on any atom is -0.722 e.